The Morgan fingerprint density at radius 1 is 0.625 bits per heavy atom. The maximum absolute atomic E-state index is 11.7. The first-order valence-corrected chi connectivity index (χ1v) is 12.3. The fourth-order valence-electron chi connectivity index (χ4n) is 4.49. The van der Waals surface area contributed by atoms with E-state index in [2.05, 4.69) is 6.92 Å². The van der Waals surface area contributed by atoms with Crippen LogP contribution < -0.4 is 0 Å². The number of carboxylic acids is 3. The first-order valence-electron chi connectivity index (χ1n) is 12.3. The van der Waals surface area contributed by atoms with Gasteiger partial charge in [-0.3, -0.25) is 4.48 Å². The van der Waals surface area contributed by atoms with E-state index in [1.807, 2.05) is 12.2 Å². The second-order valence-corrected chi connectivity index (χ2v) is 8.99. The van der Waals surface area contributed by atoms with E-state index in [1.165, 1.54) is 78.6 Å². The number of carboxylic acid groups (broad SMARTS) is 3. The maximum Gasteiger partial charge on any atom is 0.362 e. The van der Waals surface area contributed by atoms with Crippen LogP contribution in [0, 0.1) is 0 Å². The topological polar surface area (TPSA) is 112 Å². The molecule has 0 aromatic heterocycles. The van der Waals surface area contributed by atoms with E-state index in [1.54, 1.807) is 0 Å². The third-order valence-electron chi connectivity index (χ3n) is 6.81. The molecule has 3 N–H and O–H groups in total. The van der Waals surface area contributed by atoms with Crippen molar-refractivity contribution in [3.63, 3.8) is 0 Å². The normalized spacial score (nSPS) is 16.4. The number of unbranched alkanes of at least 4 members (excludes halogenated alkanes) is 10. The van der Waals surface area contributed by atoms with Crippen LogP contribution in [0.4, 0.5) is 0 Å². The summed E-state index contributed by atoms with van der Waals surface area (Å²) >= 11 is 0. The monoisotopic (exact) mass is 456 g/mol. The SMILES string of the molecule is CCCCCCCCCCCC/C=C/CC[N+](C(C)C(=O)O)(C(C)C(=O)O)C(C)C(=O)O. The van der Waals surface area contributed by atoms with Crippen molar-refractivity contribution in [1.29, 1.82) is 0 Å². The van der Waals surface area contributed by atoms with Gasteiger partial charge in [-0.1, -0.05) is 76.9 Å². The maximum atomic E-state index is 11.7. The van der Waals surface area contributed by atoms with Gasteiger partial charge in [0.05, 0.1) is 6.54 Å². The Balaban J connectivity index is 4.61. The molecule has 0 aromatic carbocycles. The van der Waals surface area contributed by atoms with Crippen molar-refractivity contribution in [3.8, 4) is 0 Å². The molecule has 32 heavy (non-hydrogen) atoms. The van der Waals surface area contributed by atoms with Crippen molar-refractivity contribution < 1.29 is 34.2 Å². The van der Waals surface area contributed by atoms with Crippen molar-refractivity contribution >= 4 is 17.9 Å². The summed E-state index contributed by atoms with van der Waals surface area (Å²) in [5, 5.41) is 28.7. The molecule has 0 saturated carbocycles. The van der Waals surface area contributed by atoms with Gasteiger partial charge in [-0.05, 0) is 33.6 Å². The number of allylic oxidation sites excluding steroid dienone is 1. The molecule has 7 heteroatoms. The zero-order chi connectivity index (χ0) is 24.6. The fourth-order valence-corrected chi connectivity index (χ4v) is 4.49. The van der Waals surface area contributed by atoms with Crippen molar-refractivity contribution in [2.24, 2.45) is 0 Å². The molecule has 0 radical (unpaired) electrons. The molecule has 0 heterocycles. The fraction of sp³-hybridized carbons (Fsp3) is 0.800. The molecule has 0 amide bonds. The van der Waals surface area contributed by atoms with Gasteiger partial charge in [0, 0.05) is 6.42 Å². The summed E-state index contributed by atoms with van der Waals surface area (Å²) < 4.78 is -0.525. The van der Waals surface area contributed by atoms with Gasteiger partial charge in [0.15, 0.2) is 18.1 Å². The highest BCUT2D eigenvalue weighted by Gasteiger charge is 2.52. The van der Waals surface area contributed by atoms with Crippen LogP contribution in [0.25, 0.3) is 0 Å². The quantitative estimate of drug-likeness (QED) is 0.127. The summed E-state index contributed by atoms with van der Waals surface area (Å²) in [5.74, 6) is -3.58. The number of aliphatic carboxylic acids is 3. The third kappa shape index (κ3) is 10.2. The van der Waals surface area contributed by atoms with E-state index in [0.29, 0.717) is 6.42 Å². The van der Waals surface area contributed by atoms with Crippen LogP contribution in [-0.4, -0.2) is 62.4 Å². The zero-order valence-corrected chi connectivity index (χ0v) is 20.6. The first-order chi connectivity index (χ1) is 15.1. The lowest BCUT2D eigenvalue weighted by molar-refractivity contribution is -0.967. The Kier molecular flexibility index (Phi) is 15.7. The number of hydrogen-bond acceptors (Lipinski definition) is 3. The predicted octanol–water partition coefficient (Wildman–Crippen LogP) is 5.48. The van der Waals surface area contributed by atoms with Crippen LogP contribution in [0.15, 0.2) is 12.2 Å². The first kappa shape index (κ1) is 30.1. The molecule has 0 spiro atoms. The van der Waals surface area contributed by atoms with E-state index in [4.69, 9.17) is 0 Å². The third-order valence-corrected chi connectivity index (χ3v) is 6.81. The van der Waals surface area contributed by atoms with Crippen LogP contribution in [0.1, 0.15) is 105 Å². The smallest absolute Gasteiger partial charge is 0.362 e. The average molecular weight is 457 g/mol. The van der Waals surface area contributed by atoms with Crippen LogP contribution in [-0.2, 0) is 14.4 Å². The molecule has 0 bridgehead atoms. The molecule has 0 rings (SSSR count). The summed E-state index contributed by atoms with van der Waals surface area (Å²) in [6, 6.07) is -3.45. The number of nitrogens with zero attached hydrogens (tertiary/aromatic N) is 1. The van der Waals surface area contributed by atoms with Gasteiger partial charge in [-0.2, -0.15) is 0 Å². The highest BCUT2D eigenvalue weighted by atomic mass is 16.4. The van der Waals surface area contributed by atoms with Gasteiger partial charge in [0.2, 0.25) is 0 Å². The summed E-state index contributed by atoms with van der Waals surface area (Å²) in [6.45, 7) is 6.56. The minimum absolute atomic E-state index is 0.142. The minimum atomic E-state index is -1.19. The molecule has 0 saturated heterocycles. The Morgan fingerprint density at radius 3 is 1.34 bits per heavy atom. The largest absolute Gasteiger partial charge is 0.477 e. The lowest BCUT2D eigenvalue weighted by Gasteiger charge is -2.47. The van der Waals surface area contributed by atoms with Gasteiger partial charge in [-0.15, -0.1) is 0 Å². The lowest BCUT2D eigenvalue weighted by Crippen LogP contribution is -2.70. The summed E-state index contributed by atoms with van der Waals surface area (Å²) in [5.41, 5.74) is 0. The van der Waals surface area contributed by atoms with Crippen molar-refractivity contribution in [3.05, 3.63) is 12.2 Å². The molecule has 186 valence electrons. The van der Waals surface area contributed by atoms with Crippen LogP contribution in [0.2, 0.25) is 0 Å². The van der Waals surface area contributed by atoms with Gasteiger partial charge in [0.25, 0.3) is 0 Å². The highest BCUT2D eigenvalue weighted by molar-refractivity contribution is 5.77. The molecule has 0 aromatic rings. The van der Waals surface area contributed by atoms with Crippen LogP contribution >= 0.6 is 0 Å². The van der Waals surface area contributed by atoms with Crippen molar-refractivity contribution in [2.75, 3.05) is 6.54 Å². The lowest BCUT2D eigenvalue weighted by atomic mass is 10.0. The second-order valence-electron chi connectivity index (χ2n) is 8.99. The van der Waals surface area contributed by atoms with Gasteiger partial charge in [0.1, 0.15) is 0 Å². The Bertz CT molecular complexity index is 539. The predicted molar refractivity (Wildman–Crippen MR) is 127 cm³/mol. The van der Waals surface area contributed by atoms with Gasteiger partial charge < -0.3 is 15.3 Å². The Labute approximate surface area is 194 Å². The van der Waals surface area contributed by atoms with E-state index in [0.717, 1.165) is 12.8 Å². The Hall–Kier alpha value is -1.89. The van der Waals surface area contributed by atoms with E-state index in [-0.39, 0.29) is 6.54 Å². The zero-order valence-electron chi connectivity index (χ0n) is 20.6. The van der Waals surface area contributed by atoms with Crippen LogP contribution in [0.5, 0.6) is 0 Å². The summed E-state index contributed by atoms with van der Waals surface area (Å²) in [7, 11) is 0. The summed E-state index contributed by atoms with van der Waals surface area (Å²) in [6.07, 6.45) is 18.1. The second kappa shape index (κ2) is 16.7. The standard InChI is InChI=1S/C25H45NO6/c1-5-6-7-8-9-10-11-12-13-14-15-16-17-18-19-26(20(2)23(27)28,21(3)24(29)30)22(4)25(31)32/h16-17,20-22H,5-15,18-19H2,1-4H3,(H2-,27,28,29,30,31,32)/p+1/b17-16+. The molecule has 0 aliphatic heterocycles. The van der Waals surface area contributed by atoms with Crippen molar-refractivity contribution in [1.82, 2.24) is 0 Å². The molecule has 3 unspecified atom stereocenters. The Morgan fingerprint density at radius 2 is 0.969 bits per heavy atom. The molecule has 0 aliphatic rings. The minimum Gasteiger partial charge on any atom is -0.477 e. The molecule has 0 fully saturated rings. The van der Waals surface area contributed by atoms with E-state index in [9.17, 15) is 29.7 Å². The summed E-state index contributed by atoms with van der Waals surface area (Å²) in [4.78, 5) is 35.2. The molecule has 3 atom stereocenters. The van der Waals surface area contributed by atoms with Crippen LogP contribution in [0.3, 0.4) is 0 Å². The van der Waals surface area contributed by atoms with Gasteiger partial charge >= 0.3 is 17.9 Å². The molecular formula is C25H46NO6+. The molecule has 7 nitrogen and oxygen atoms in total. The highest BCUT2D eigenvalue weighted by Crippen LogP contribution is 2.27. The molecular weight excluding hydrogens is 410 g/mol. The van der Waals surface area contributed by atoms with E-state index >= 15 is 0 Å². The average Bonchev–Trinajstić information content (AvgIpc) is 2.75. The number of rotatable bonds is 20. The molecule has 0 aliphatic carbocycles. The van der Waals surface area contributed by atoms with E-state index < -0.39 is 40.5 Å². The van der Waals surface area contributed by atoms with Crippen molar-refractivity contribution in [2.45, 2.75) is 123 Å². The number of carbonyl (C=O) groups is 3. The number of quaternary nitrogens is 1. The van der Waals surface area contributed by atoms with Gasteiger partial charge in [-0.25, -0.2) is 14.4 Å². The number of hydrogen-bond donors (Lipinski definition) is 3.